The molecule has 1 N–H and O–H groups in total. The summed E-state index contributed by atoms with van der Waals surface area (Å²) in [6.07, 6.45) is 0.405. The molecule has 1 saturated heterocycles. The second-order valence-corrected chi connectivity index (χ2v) is 7.59. The van der Waals surface area contributed by atoms with E-state index < -0.39 is 28.3 Å². The van der Waals surface area contributed by atoms with Gasteiger partial charge in [-0.1, -0.05) is 6.07 Å². The van der Waals surface area contributed by atoms with Crippen LogP contribution in [-0.4, -0.2) is 61.0 Å². The van der Waals surface area contributed by atoms with E-state index in [-0.39, 0.29) is 28.9 Å². The van der Waals surface area contributed by atoms with E-state index >= 15 is 0 Å². The molecule has 1 aromatic rings. The van der Waals surface area contributed by atoms with E-state index in [1.807, 2.05) is 0 Å². The molecule has 0 radical (unpaired) electrons. The smallest absolute Gasteiger partial charge is 0.338 e. The standard InChI is InChI=1S/C15H19NO6S/c1-2-16(12-6-7-23(20,21)10-12)14(18)9-22-15(19)11-4-3-5-13(17)8-11/h3-5,8,12,17H,2,6-7,9-10H2,1H3/t12-/m1/s1. The van der Waals surface area contributed by atoms with Gasteiger partial charge in [-0.25, -0.2) is 13.2 Å². The highest BCUT2D eigenvalue weighted by atomic mass is 32.2. The van der Waals surface area contributed by atoms with Crippen LogP contribution in [0.2, 0.25) is 0 Å². The number of amides is 1. The Morgan fingerprint density at radius 1 is 1.39 bits per heavy atom. The normalized spacial score (nSPS) is 19.3. The maximum absolute atomic E-state index is 12.2. The van der Waals surface area contributed by atoms with Crippen LogP contribution in [0, 0.1) is 0 Å². The van der Waals surface area contributed by atoms with Crippen LogP contribution in [0.3, 0.4) is 0 Å². The topological polar surface area (TPSA) is 101 Å². The van der Waals surface area contributed by atoms with E-state index in [1.54, 1.807) is 6.92 Å². The van der Waals surface area contributed by atoms with Crippen LogP contribution < -0.4 is 0 Å². The molecular formula is C15H19NO6S. The van der Waals surface area contributed by atoms with Gasteiger partial charge in [0, 0.05) is 12.6 Å². The van der Waals surface area contributed by atoms with E-state index in [0.717, 1.165) is 0 Å². The van der Waals surface area contributed by atoms with Crippen LogP contribution in [0.5, 0.6) is 5.75 Å². The lowest BCUT2D eigenvalue weighted by atomic mass is 10.2. The van der Waals surface area contributed by atoms with Gasteiger partial charge >= 0.3 is 5.97 Å². The molecule has 0 bridgehead atoms. The monoisotopic (exact) mass is 341 g/mol. The zero-order chi connectivity index (χ0) is 17.0. The maximum atomic E-state index is 12.2. The molecule has 1 aromatic carbocycles. The minimum atomic E-state index is -3.09. The number of phenols is 1. The van der Waals surface area contributed by atoms with Crippen LogP contribution in [0.15, 0.2) is 24.3 Å². The molecule has 126 valence electrons. The second kappa shape index (κ2) is 6.99. The molecule has 1 heterocycles. The SMILES string of the molecule is CCN(C(=O)COC(=O)c1cccc(O)c1)[C@@H]1CCS(=O)(=O)C1. The molecule has 1 atom stereocenters. The summed E-state index contributed by atoms with van der Waals surface area (Å²) in [5.41, 5.74) is 0.143. The summed E-state index contributed by atoms with van der Waals surface area (Å²) in [5.74, 6) is -1.19. The lowest BCUT2D eigenvalue weighted by Crippen LogP contribution is -2.43. The first-order valence-corrected chi connectivity index (χ1v) is 9.10. The van der Waals surface area contributed by atoms with Gasteiger partial charge in [0.05, 0.1) is 17.1 Å². The van der Waals surface area contributed by atoms with Crippen molar-refractivity contribution in [1.29, 1.82) is 0 Å². The second-order valence-electron chi connectivity index (χ2n) is 5.36. The van der Waals surface area contributed by atoms with E-state index in [1.165, 1.54) is 29.2 Å². The molecule has 1 aliphatic rings. The van der Waals surface area contributed by atoms with Gasteiger partial charge in [-0.2, -0.15) is 0 Å². The Hall–Kier alpha value is -2.09. The summed E-state index contributed by atoms with van der Waals surface area (Å²) in [4.78, 5) is 25.4. The molecule has 23 heavy (non-hydrogen) atoms. The fourth-order valence-electron chi connectivity index (χ4n) is 2.59. The number of carbonyl (C=O) groups excluding carboxylic acids is 2. The van der Waals surface area contributed by atoms with Crippen molar-refractivity contribution in [3.8, 4) is 5.75 Å². The Morgan fingerprint density at radius 2 is 2.13 bits per heavy atom. The zero-order valence-electron chi connectivity index (χ0n) is 12.8. The highest BCUT2D eigenvalue weighted by Crippen LogP contribution is 2.18. The summed E-state index contributed by atoms with van der Waals surface area (Å²) >= 11 is 0. The van der Waals surface area contributed by atoms with Gasteiger partial charge in [0.1, 0.15) is 5.75 Å². The predicted octanol–water partition coefficient (Wildman–Crippen LogP) is 0.585. The van der Waals surface area contributed by atoms with Crippen molar-refractivity contribution in [3.05, 3.63) is 29.8 Å². The molecular weight excluding hydrogens is 322 g/mol. The fraction of sp³-hybridized carbons (Fsp3) is 0.467. The molecule has 0 unspecified atom stereocenters. The minimum absolute atomic E-state index is 0.0485. The Kier molecular flexibility index (Phi) is 5.25. The largest absolute Gasteiger partial charge is 0.508 e. The Balaban J connectivity index is 1.94. The average Bonchev–Trinajstić information content (AvgIpc) is 2.85. The van der Waals surface area contributed by atoms with Gasteiger partial charge in [-0.05, 0) is 31.5 Å². The van der Waals surface area contributed by atoms with Crippen molar-refractivity contribution in [2.45, 2.75) is 19.4 Å². The molecule has 2 rings (SSSR count). The van der Waals surface area contributed by atoms with E-state index in [2.05, 4.69) is 0 Å². The van der Waals surface area contributed by atoms with E-state index in [4.69, 9.17) is 4.74 Å². The first-order valence-electron chi connectivity index (χ1n) is 7.28. The third-order valence-electron chi connectivity index (χ3n) is 3.72. The number of hydrogen-bond donors (Lipinski definition) is 1. The highest BCUT2D eigenvalue weighted by molar-refractivity contribution is 7.91. The summed E-state index contributed by atoms with van der Waals surface area (Å²) < 4.78 is 28.0. The number of likely N-dealkylation sites (N-methyl/N-ethyl adjacent to an activating group) is 1. The lowest BCUT2D eigenvalue weighted by Gasteiger charge is -2.26. The van der Waals surface area contributed by atoms with Crippen LogP contribution in [0.4, 0.5) is 0 Å². The highest BCUT2D eigenvalue weighted by Gasteiger charge is 2.34. The van der Waals surface area contributed by atoms with Crippen molar-refractivity contribution >= 4 is 21.7 Å². The number of carbonyl (C=O) groups is 2. The Morgan fingerprint density at radius 3 is 2.70 bits per heavy atom. The summed E-state index contributed by atoms with van der Waals surface area (Å²) in [6.45, 7) is 1.64. The van der Waals surface area contributed by atoms with Crippen molar-refractivity contribution in [2.75, 3.05) is 24.7 Å². The van der Waals surface area contributed by atoms with Gasteiger partial charge in [0.25, 0.3) is 5.91 Å². The van der Waals surface area contributed by atoms with Gasteiger partial charge in [0.2, 0.25) is 0 Å². The van der Waals surface area contributed by atoms with Crippen molar-refractivity contribution < 1.29 is 27.9 Å². The molecule has 0 saturated carbocycles. The van der Waals surface area contributed by atoms with Crippen molar-refractivity contribution in [1.82, 2.24) is 4.90 Å². The maximum Gasteiger partial charge on any atom is 0.338 e. The van der Waals surface area contributed by atoms with Crippen LogP contribution in [-0.2, 0) is 19.4 Å². The summed E-state index contributed by atoms with van der Waals surface area (Å²) in [6, 6.07) is 5.26. The third kappa shape index (κ3) is 4.44. The number of hydrogen-bond acceptors (Lipinski definition) is 6. The minimum Gasteiger partial charge on any atom is -0.508 e. The number of sulfone groups is 1. The number of ether oxygens (including phenoxy) is 1. The predicted molar refractivity (Wildman–Crippen MR) is 82.8 cm³/mol. The molecule has 0 aliphatic carbocycles. The van der Waals surface area contributed by atoms with Gasteiger partial charge < -0.3 is 14.7 Å². The molecule has 0 spiro atoms. The lowest BCUT2D eigenvalue weighted by molar-refractivity contribution is -0.136. The number of rotatable bonds is 5. The van der Waals surface area contributed by atoms with Gasteiger partial charge in [-0.15, -0.1) is 0 Å². The van der Waals surface area contributed by atoms with Crippen molar-refractivity contribution in [2.24, 2.45) is 0 Å². The molecule has 0 aromatic heterocycles. The first kappa shape index (κ1) is 17.3. The molecule has 1 fully saturated rings. The van der Waals surface area contributed by atoms with Gasteiger partial charge in [-0.3, -0.25) is 4.79 Å². The molecule has 1 amide bonds. The number of phenolic OH excluding ortho intramolecular Hbond substituents is 1. The molecule has 7 nitrogen and oxygen atoms in total. The third-order valence-corrected chi connectivity index (χ3v) is 5.47. The quantitative estimate of drug-likeness (QED) is 0.787. The average molecular weight is 341 g/mol. The van der Waals surface area contributed by atoms with Crippen LogP contribution in [0.25, 0.3) is 0 Å². The van der Waals surface area contributed by atoms with Crippen molar-refractivity contribution in [3.63, 3.8) is 0 Å². The van der Waals surface area contributed by atoms with E-state index in [9.17, 15) is 23.1 Å². The Bertz CT molecular complexity index is 700. The van der Waals surface area contributed by atoms with Crippen LogP contribution >= 0.6 is 0 Å². The Labute approximate surface area is 134 Å². The van der Waals surface area contributed by atoms with Gasteiger partial charge in [0.15, 0.2) is 16.4 Å². The molecule has 1 aliphatic heterocycles. The summed E-state index contributed by atoms with van der Waals surface area (Å²) in [5, 5.41) is 9.32. The van der Waals surface area contributed by atoms with E-state index in [0.29, 0.717) is 13.0 Å². The zero-order valence-corrected chi connectivity index (χ0v) is 13.6. The first-order chi connectivity index (χ1) is 10.8. The number of aromatic hydroxyl groups is 1. The molecule has 8 heteroatoms. The van der Waals surface area contributed by atoms with Crippen LogP contribution in [0.1, 0.15) is 23.7 Å². The number of nitrogens with zero attached hydrogens (tertiary/aromatic N) is 1. The number of esters is 1. The number of benzene rings is 1. The summed E-state index contributed by atoms with van der Waals surface area (Å²) in [7, 11) is -3.09. The fourth-order valence-corrected chi connectivity index (χ4v) is 4.32.